The minimum atomic E-state index is -0.281. The van der Waals surface area contributed by atoms with E-state index in [2.05, 4.69) is 20.4 Å². The highest BCUT2D eigenvalue weighted by molar-refractivity contribution is 5.95. The van der Waals surface area contributed by atoms with Crippen LogP contribution in [-0.2, 0) is 24.1 Å². The molecule has 1 aliphatic carbocycles. The topological polar surface area (TPSA) is 92.2 Å². The van der Waals surface area contributed by atoms with Gasteiger partial charge in [-0.05, 0) is 37.0 Å². The number of pyridine rings is 1. The minimum Gasteiger partial charge on any atom is -0.379 e. The van der Waals surface area contributed by atoms with E-state index in [1.165, 1.54) is 5.56 Å². The molecule has 2 aromatic rings. The molecule has 1 aliphatic heterocycles. The molecule has 28 heavy (non-hydrogen) atoms. The maximum Gasteiger partial charge on any atom is 0.263 e. The highest BCUT2D eigenvalue weighted by Gasteiger charge is 2.24. The van der Waals surface area contributed by atoms with Gasteiger partial charge in [0, 0.05) is 50.5 Å². The molecule has 0 saturated carbocycles. The molecule has 8 heteroatoms. The van der Waals surface area contributed by atoms with E-state index < -0.39 is 0 Å². The molecule has 1 amide bonds. The monoisotopic (exact) mass is 385 g/mol. The number of carbonyl (C=O) groups excluding carboxylic acids is 1. The van der Waals surface area contributed by atoms with Gasteiger partial charge in [-0.3, -0.25) is 19.6 Å². The zero-order valence-electron chi connectivity index (χ0n) is 16.2. The maximum absolute atomic E-state index is 12.9. The fraction of sp³-hybridized carbons (Fsp3) is 0.550. The van der Waals surface area contributed by atoms with Gasteiger partial charge in [0.15, 0.2) is 0 Å². The third kappa shape index (κ3) is 4.02. The number of hydrogen-bond acceptors (Lipinski definition) is 5. The van der Waals surface area contributed by atoms with Crippen LogP contribution in [0.25, 0.3) is 0 Å². The molecule has 0 spiro atoms. The number of aromatic amines is 1. The quantitative estimate of drug-likeness (QED) is 0.782. The van der Waals surface area contributed by atoms with Gasteiger partial charge in [-0.2, -0.15) is 5.10 Å². The molecule has 3 heterocycles. The molecule has 2 aromatic heterocycles. The first-order chi connectivity index (χ1) is 13.6. The van der Waals surface area contributed by atoms with Gasteiger partial charge in [0.05, 0.1) is 19.4 Å². The second kappa shape index (κ2) is 8.28. The number of H-pyrrole nitrogens is 1. The zero-order chi connectivity index (χ0) is 19.5. The van der Waals surface area contributed by atoms with E-state index in [1.54, 1.807) is 10.8 Å². The largest absolute Gasteiger partial charge is 0.379 e. The number of fused-ring (bicyclic) bond motifs is 1. The number of morpholine rings is 1. The lowest BCUT2D eigenvalue weighted by Gasteiger charge is -2.26. The standard InChI is InChI=1S/C20H27N5O3/c1-14-4-5-25(7-6-24-8-10-28-11-9-24)20(27)18(14)19(26)22-16-3-2-15-13-21-23-17(15)12-16/h4-5,13,16H,2-3,6-12H2,1H3,(H,21,23)(H,22,26). The molecule has 1 atom stereocenters. The third-order valence-corrected chi connectivity index (χ3v) is 5.72. The van der Waals surface area contributed by atoms with Crippen molar-refractivity contribution in [1.82, 2.24) is 25.0 Å². The van der Waals surface area contributed by atoms with Crippen molar-refractivity contribution in [2.45, 2.75) is 38.8 Å². The smallest absolute Gasteiger partial charge is 0.263 e. The van der Waals surface area contributed by atoms with Gasteiger partial charge >= 0.3 is 0 Å². The van der Waals surface area contributed by atoms with Crippen LogP contribution in [0, 0.1) is 6.92 Å². The van der Waals surface area contributed by atoms with Crippen molar-refractivity contribution in [3.63, 3.8) is 0 Å². The fourth-order valence-electron chi connectivity index (χ4n) is 3.98. The molecule has 150 valence electrons. The molecule has 0 bridgehead atoms. The van der Waals surface area contributed by atoms with E-state index in [-0.39, 0.29) is 23.1 Å². The summed E-state index contributed by atoms with van der Waals surface area (Å²) < 4.78 is 7.01. The molecule has 0 aromatic carbocycles. The Morgan fingerprint density at radius 3 is 3.00 bits per heavy atom. The lowest BCUT2D eigenvalue weighted by Crippen LogP contribution is -2.43. The first-order valence-electron chi connectivity index (χ1n) is 9.94. The average molecular weight is 385 g/mol. The lowest BCUT2D eigenvalue weighted by molar-refractivity contribution is 0.0362. The summed E-state index contributed by atoms with van der Waals surface area (Å²) in [6.45, 7) is 6.39. The van der Waals surface area contributed by atoms with E-state index in [0.29, 0.717) is 12.1 Å². The number of rotatable bonds is 5. The number of hydrogen-bond donors (Lipinski definition) is 2. The Hall–Kier alpha value is -2.45. The average Bonchev–Trinajstić information content (AvgIpc) is 3.16. The summed E-state index contributed by atoms with van der Waals surface area (Å²) in [5.74, 6) is -0.281. The first-order valence-corrected chi connectivity index (χ1v) is 9.94. The van der Waals surface area contributed by atoms with Gasteiger partial charge in [0.2, 0.25) is 0 Å². The van der Waals surface area contributed by atoms with Crippen molar-refractivity contribution in [1.29, 1.82) is 0 Å². The molecular formula is C20H27N5O3. The van der Waals surface area contributed by atoms with E-state index in [9.17, 15) is 9.59 Å². The summed E-state index contributed by atoms with van der Waals surface area (Å²) in [7, 11) is 0. The lowest BCUT2D eigenvalue weighted by atomic mass is 9.93. The van der Waals surface area contributed by atoms with Crippen molar-refractivity contribution < 1.29 is 9.53 Å². The number of aromatic nitrogens is 3. The first kappa shape index (κ1) is 18.9. The van der Waals surface area contributed by atoms with E-state index in [1.807, 2.05) is 19.2 Å². The normalized spacial score (nSPS) is 20.0. The second-order valence-electron chi connectivity index (χ2n) is 7.61. The van der Waals surface area contributed by atoms with Crippen molar-refractivity contribution >= 4 is 5.91 Å². The highest BCUT2D eigenvalue weighted by Crippen LogP contribution is 2.19. The molecule has 2 aliphatic rings. The molecule has 4 rings (SSSR count). The summed E-state index contributed by atoms with van der Waals surface area (Å²) >= 11 is 0. The molecule has 0 radical (unpaired) electrons. The molecule has 8 nitrogen and oxygen atoms in total. The maximum atomic E-state index is 12.9. The van der Waals surface area contributed by atoms with E-state index in [0.717, 1.165) is 57.8 Å². The number of carbonyl (C=O) groups is 1. The van der Waals surface area contributed by atoms with Gasteiger partial charge in [-0.15, -0.1) is 0 Å². The van der Waals surface area contributed by atoms with E-state index >= 15 is 0 Å². The highest BCUT2D eigenvalue weighted by atomic mass is 16.5. The second-order valence-corrected chi connectivity index (χ2v) is 7.61. The Bertz CT molecular complexity index is 897. The van der Waals surface area contributed by atoms with Crippen LogP contribution >= 0.6 is 0 Å². The van der Waals surface area contributed by atoms with Gasteiger partial charge < -0.3 is 14.6 Å². The summed E-state index contributed by atoms with van der Waals surface area (Å²) in [6.07, 6.45) is 6.09. The van der Waals surface area contributed by atoms with Crippen LogP contribution in [0.15, 0.2) is 23.3 Å². The molecule has 1 unspecified atom stereocenters. The SMILES string of the molecule is Cc1ccn(CCN2CCOCC2)c(=O)c1C(=O)NC1CCc2cn[nH]c2C1. The predicted molar refractivity (Wildman–Crippen MR) is 105 cm³/mol. The van der Waals surface area contributed by atoms with Crippen LogP contribution in [0.1, 0.15) is 33.6 Å². The molecule has 1 fully saturated rings. The Morgan fingerprint density at radius 1 is 1.36 bits per heavy atom. The summed E-state index contributed by atoms with van der Waals surface area (Å²) in [5.41, 5.74) is 3.03. The number of nitrogens with one attached hydrogen (secondary N) is 2. The van der Waals surface area contributed by atoms with Crippen molar-refractivity contribution in [3.8, 4) is 0 Å². The Morgan fingerprint density at radius 2 is 2.18 bits per heavy atom. The van der Waals surface area contributed by atoms with Gasteiger partial charge in [-0.25, -0.2) is 0 Å². The zero-order valence-corrected chi connectivity index (χ0v) is 16.2. The van der Waals surface area contributed by atoms with Crippen molar-refractivity contribution in [3.05, 3.63) is 51.2 Å². The minimum absolute atomic E-state index is 0.0151. The van der Waals surface area contributed by atoms with Gasteiger partial charge in [0.25, 0.3) is 11.5 Å². The fourth-order valence-corrected chi connectivity index (χ4v) is 3.98. The van der Waals surface area contributed by atoms with Crippen LogP contribution < -0.4 is 10.9 Å². The van der Waals surface area contributed by atoms with Crippen molar-refractivity contribution in [2.24, 2.45) is 0 Å². The van der Waals surface area contributed by atoms with Crippen molar-refractivity contribution in [2.75, 3.05) is 32.8 Å². The van der Waals surface area contributed by atoms with Crippen LogP contribution in [0.3, 0.4) is 0 Å². The summed E-state index contributed by atoms with van der Waals surface area (Å²) in [5, 5.41) is 10.1. The molecule has 1 saturated heterocycles. The Balaban J connectivity index is 1.44. The molecule has 2 N–H and O–H groups in total. The van der Waals surface area contributed by atoms with Crippen LogP contribution in [0.5, 0.6) is 0 Å². The van der Waals surface area contributed by atoms with E-state index in [4.69, 9.17) is 4.74 Å². The summed E-state index contributed by atoms with van der Waals surface area (Å²) in [6, 6.07) is 1.87. The van der Waals surface area contributed by atoms with Crippen LogP contribution in [0.2, 0.25) is 0 Å². The summed E-state index contributed by atoms with van der Waals surface area (Å²) in [4.78, 5) is 28.1. The van der Waals surface area contributed by atoms with Gasteiger partial charge in [0.1, 0.15) is 5.56 Å². The Kier molecular flexibility index (Phi) is 5.59. The number of ether oxygens (including phenoxy) is 1. The Labute approximate surface area is 163 Å². The number of amides is 1. The molecular weight excluding hydrogens is 358 g/mol. The third-order valence-electron chi connectivity index (χ3n) is 5.72. The predicted octanol–water partition coefficient (Wildman–Crippen LogP) is 0.499. The van der Waals surface area contributed by atoms with Crippen LogP contribution in [-0.4, -0.2) is 64.5 Å². The number of aryl methyl sites for hydroxylation is 2. The van der Waals surface area contributed by atoms with Crippen LogP contribution in [0.4, 0.5) is 0 Å². The number of nitrogens with zero attached hydrogens (tertiary/aromatic N) is 3. The van der Waals surface area contributed by atoms with Gasteiger partial charge in [-0.1, -0.05) is 0 Å².